The minimum absolute atomic E-state index is 0.0592. The second kappa shape index (κ2) is 6.92. The molecular weight excluding hydrogens is 238 g/mol. The minimum Gasteiger partial charge on any atom is -0.491 e. The van der Waals surface area contributed by atoms with Crippen LogP contribution in [0.2, 0.25) is 0 Å². The smallest absolute Gasteiger partial charge is 0.123 e. The predicted molar refractivity (Wildman–Crippen MR) is 79.9 cm³/mol. The minimum atomic E-state index is -0.396. The quantitative estimate of drug-likeness (QED) is 0.796. The molecule has 0 saturated carbocycles. The van der Waals surface area contributed by atoms with E-state index in [-0.39, 0.29) is 6.61 Å². The number of nitrogens with one attached hydrogen (secondary N) is 1. The van der Waals surface area contributed by atoms with Crippen LogP contribution in [0.3, 0.4) is 0 Å². The molecule has 0 saturated heterocycles. The van der Waals surface area contributed by atoms with Gasteiger partial charge >= 0.3 is 0 Å². The summed E-state index contributed by atoms with van der Waals surface area (Å²) >= 11 is 0. The molecule has 3 nitrogen and oxygen atoms in total. The molecule has 0 aromatic heterocycles. The Kier molecular flexibility index (Phi) is 5.83. The Hall–Kier alpha value is -1.06. The van der Waals surface area contributed by atoms with Crippen LogP contribution in [0.5, 0.6) is 5.75 Å². The summed E-state index contributed by atoms with van der Waals surface area (Å²) in [5.74, 6) is 1.35. The fourth-order valence-electron chi connectivity index (χ4n) is 2.06. The first kappa shape index (κ1) is 16.0. The van der Waals surface area contributed by atoms with Crippen LogP contribution >= 0.6 is 0 Å². The van der Waals surface area contributed by atoms with E-state index in [0.29, 0.717) is 12.5 Å². The fraction of sp³-hybridized carbons (Fsp3) is 0.625. The molecule has 0 aliphatic carbocycles. The van der Waals surface area contributed by atoms with Crippen LogP contribution < -0.4 is 10.1 Å². The molecule has 3 heteroatoms. The summed E-state index contributed by atoms with van der Waals surface area (Å²) in [7, 11) is 0. The third-order valence-corrected chi connectivity index (χ3v) is 3.29. The van der Waals surface area contributed by atoms with Crippen molar-refractivity contribution in [2.24, 2.45) is 0 Å². The van der Waals surface area contributed by atoms with Crippen LogP contribution in [0.4, 0.5) is 0 Å². The average molecular weight is 265 g/mol. The molecule has 1 aromatic carbocycles. The lowest BCUT2D eigenvalue weighted by Gasteiger charge is -2.29. The lowest BCUT2D eigenvalue weighted by Crippen LogP contribution is -2.50. The number of benzene rings is 1. The first-order valence-corrected chi connectivity index (χ1v) is 7.01. The first-order chi connectivity index (χ1) is 8.91. The molecule has 1 aromatic rings. The molecule has 1 unspecified atom stereocenters. The van der Waals surface area contributed by atoms with Gasteiger partial charge in [-0.3, -0.25) is 0 Å². The maximum absolute atomic E-state index is 9.48. The van der Waals surface area contributed by atoms with E-state index in [1.165, 1.54) is 11.1 Å². The topological polar surface area (TPSA) is 41.5 Å². The largest absolute Gasteiger partial charge is 0.491 e. The lowest BCUT2D eigenvalue weighted by molar-refractivity contribution is 0.117. The van der Waals surface area contributed by atoms with Gasteiger partial charge in [-0.1, -0.05) is 32.9 Å². The number of rotatable bonds is 7. The Morgan fingerprint density at radius 1 is 1.37 bits per heavy atom. The van der Waals surface area contributed by atoms with Crippen LogP contribution in [-0.2, 0) is 0 Å². The Morgan fingerprint density at radius 3 is 2.58 bits per heavy atom. The van der Waals surface area contributed by atoms with E-state index in [2.05, 4.69) is 44.3 Å². The molecule has 108 valence electrons. The van der Waals surface area contributed by atoms with Crippen molar-refractivity contribution in [3.05, 3.63) is 29.3 Å². The Balaban J connectivity index is 2.84. The zero-order valence-electron chi connectivity index (χ0n) is 12.8. The van der Waals surface area contributed by atoms with E-state index >= 15 is 0 Å². The monoisotopic (exact) mass is 265 g/mol. The first-order valence-electron chi connectivity index (χ1n) is 7.01. The van der Waals surface area contributed by atoms with Gasteiger partial charge in [0.05, 0.1) is 12.1 Å². The van der Waals surface area contributed by atoms with Crippen molar-refractivity contribution in [1.82, 2.24) is 5.32 Å². The van der Waals surface area contributed by atoms with Gasteiger partial charge in [-0.05, 0) is 43.5 Å². The molecule has 0 heterocycles. The number of hydrogen-bond acceptors (Lipinski definition) is 3. The van der Waals surface area contributed by atoms with Crippen LogP contribution in [-0.4, -0.2) is 30.4 Å². The van der Waals surface area contributed by atoms with Crippen molar-refractivity contribution in [1.29, 1.82) is 0 Å². The molecule has 0 aliphatic heterocycles. The van der Waals surface area contributed by atoms with E-state index in [9.17, 15) is 5.11 Å². The third-order valence-electron chi connectivity index (χ3n) is 3.29. The molecule has 0 fully saturated rings. The fourth-order valence-corrected chi connectivity index (χ4v) is 2.06. The van der Waals surface area contributed by atoms with Crippen molar-refractivity contribution in [3.8, 4) is 5.75 Å². The van der Waals surface area contributed by atoms with E-state index in [4.69, 9.17) is 4.74 Å². The SMILES string of the molecule is CCNC(C)(CO)COc1cc(C)ccc1C(C)C. The number of ether oxygens (including phenoxy) is 1. The van der Waals surface area contributed by atoms with Crippen molar-refractivity contribution in [2.45, 2.75) is 46.1 Å². The highest BCUT2D eigenvalue weighted by atomic mass is 16.5. The molecule has 1 rings (SSSR count). The van der Waals surface area contributed by atoms with Crippen LogP contribution in [0.25, 0.3) is 0 Å². The second-order valence-corrected chi connectivity index (χ2v) is 5.73. The van der Waals surface area contributed by atoms with Crippen LogP contribution in [0, 0.1) is 6.92 Å². The van der Waals surface area contributed by atoms with E-state index < -0.39 is 5.54 Å². The number of hydrogen-bond donors (Lipinski definition) is 2. The van der Waals surface area contributed by atoms with Crippen molar-refractivity contribution < 1.29 is 9.84 Å². The molecule has 0 spiro atoms. The van der Waals surface area contributed by atoms with Crippen molar-refractivity contribution in [2.75, 3.05) is 19.8 Å². The summed E-state index contributed by atoms with van der Waals surface area (Å²) < 4.78 is 5.97. The number of aryl methyl sites for hydroxylation is 1. The predicted octanol–water partition coefficient (Wildman–Crippen LogP) is 2.86. The van der Waals surface area contributed by atoms with Gasteiger partial charge in [0.1, 0.15) is 12.4 Å². The van der Waals surface area contributed by atoms with Crippen molar-refractivity contribution in [3.63, 3.8) is 0 Å². The zero-order valence-corrected chi connectivity index (χ0v) is 12.8. The highest BCUT2D eigenvalue weighted by Gasteiger charge is 2.23. The van der Waals surface area contributed by atoms with Gasteiger partial charge < -0.3 is 15.2 Å². The summed E-state index contributed by atoms with van der Waals surface area (Å²) in [6, 6.07) is 6.30. The summed E-state index contributed by atoms with van der Waals surface area (Å²) in [5.41, 5.74) is 2.00. The summed E-state index contributed by atoms with van der Waals surface area (Å²) in [6.07, 6.45) is 0. The van der Waals surface area contributed by atoms with Gasteiger partial charge in [-0.2, -0.15) is 0 Å². The molecule has 2 N–H and O–H groups in total. The van der Waals surface area contributed by atoms with E-state index in [0.717, 1.165) is 12.3 Å². The van der Waals surface area contributed by atoms with Gasteiger partial charge in [-0.25, -0.2) is 0 Å². The third kappa shape index (κ3) is 4.51. The van der Waals surface area contributed by atoms with Gasteiger partial charge in [-0.15, -0.1) is 0 Å². The molecule has 0 amide bonds. The van der Waals surface area contributed by atoms with Crippen LogP contribution in [0.15, 0.2) is 18.2 Å². The highest BCUT2D eigenvalue weighted by Crippen LogP contribution is 2.28. The summed E-state index contributed by atoms with van der Waals surface area (Å²) in [4.78, 5) is 0. The Morgan fingerprint density at radius 2 is 2.05 bits per heavy atom. The number of aliphatic hydroxyl groups is 1. The maximum atomic E-state index is 9.48. The molecule has 0 bridgehead atoms. The van der Waals surface area contributed by atoms with Crippen molar-refractivity contribution >= 4 is 0 Å². The van der Waals surface area contributed by atoms with E-state index in [1.54, 1.807) is 0 Å². The summed E-state index contributed by atoms with van der Waals surface area (Å²) in [5, 5.41) is 12.8. The van der Waals surface area contributed by atoms with Gasteiger partial charge in [0.15, 0.2) is 0 Å². The standard InChI is InChI=1S/C16H27NO2/c1-6-17-16(5,10-18)11-19-15-9-13(4)7-8-14(15)12(2)3/h7-9,12,17-18H,6,10-11H2,1-5H3. The Labute approximate surface area is 117 Å². The van der Waals surface area contributed by atoms with Gasteiger partial charge in [0.2, 0.25) is 0 Å². The lowest BCUT2D eigenvalue weighted by atomic mass is 10.00. The molecule has 19 heavy (non-hydrogen) atoms. The molecule has 0 aliphatic rings. The zero-order chi connectivity index (χ0) is 14.5. The normalized spacial score (nSPS) is 14.5. The van der Waals surface area contributed by atoms with E-state index in [1.807, 2.05) is 13.8 Å². The molecule has 0 radical (unpaired) electrons. The number of likely N-dealkylation sites (N-methyl/N-ethyl adjacent to an activating group) is 1. The average Bonchev–Trinajstić information content (AvgIpc) is 2.36. The van der Waals surface area contributed by atoms with Crippen LogP contribution in [0.1, 0.15) is 44.7 Å². The number of aliphatic hydroxyl groups excluding tert-OH is 1. The molecular formula is C16H27NO2. The maximum Gasteiger partial charge on any atom is 0.123 e. The molecule has 1 atom stereocenters. The Bertz CT molecular complexity index is 404. The highest BCUT2D eigenvalue weighted by molar-refractivity contribution is 5.39. The second-order valence-electron chi connectivity index (χ2n) is 5.73. The van der Waals surface area contributed by atoms with Gasteiger partial charge in [0.25, 0.3) is 0 Å². The van der Waals surface area contributed by atoms with Gasteiger partial charge in [0, 0.05) is 0 Å². The summed E-state index contributed by atoms with van der Waals surface area (Å²) in [6.45, 7) is 11.7.